The van der Waals surface area contributed by atoms with Crippen molar-refractivity contribution in [3.63, 3.8) is 0 Å². The Hall–Kier alpha value is -2.60. The summed E-state index contributed by atoms with van der Waals surface area (Å²) in [5, 5.41) is 17.3. The quantitative estimate of drug-likeness (QED) is 0.674. The first-order chi connectivity index (χ1) is 12.6. The lowest BCUT2D eigenvalue weighted by Crippen LogP contribution is -2.36. The molecule has 0 spiro atoms. The molecule has 3 N–H and O–H groups in total. The molecule has 1 aliphatic heterocycles. The lowest BCUT2D eigenvalue weighted by molar-refractivity contribution is 0.460. The molecule has 6 heteroatoms. The van der Waals surface area contributed by atoms with Gasteiger partial charge in [-0.2, -0.15) is 0 Å². The summed E-state index contributed by atoms with van der Waals surface area (Å²) in [6.45, 7) is 6.55. The topological polar surface area (TPSA) is 75.0 Å². The fourth-order valence-corrected chi connectivity index (χ4v) is 3.58. The van der Waals surface area contributed by atoms with Crippen molar-refractivity contribution in [3.05, 3.63) is 47.3 Å². The third kappa shape index (κ3) is 3.24. The van der Waals surface area contributed by atoms with Crippen molar-refractivity contribution in [1.29, 1.82) is 0 Å². The fraction of sp³-hybridized carbons (Fsp3) is 0.400. The van der Waals surface area contributed by atoms with Gasteiger partial charge in [0.1, 0.15) is 11.4 Å². The molecule has 0 saturated carbocycles. The highest BCUT2D eigenvalue weighted by molar-refractivity contribution is 5.82. The zero-order valence-electron chi connectivity index (χ0n) is 15.3. The van der Waals surface area contributed by atoms with Gasteiger partial charge in [0.25, 0.3) is 0 Å². The normalized spacial score (nSPS) is 15.5. The van der Waals surface area contributed by atoms with E-state index in [-0.39, 0.29) is 5.75 Å². The van der Waals surface area contributed by atoms with Crippen molar-refractivity contribution >= 4 is 17.0 Å². The summed E-state index contributed by atoms with van der Waals surface area (Å²) in [6.07, 6.45) is 2.16. The van der Waals surface area contributed by atoms with E-state index < -0.39 is 0 Å². The van der Waals surface area contributed by atoms with Gasteiger partial charge in [0.05, 0.1) is 17.6 Å². The summed E-state index contributed by atoms with van der Waals surface area (Å²) in [5.74, 6) is 1.07. The number of hydrogen-bond donors (Lipinski definition) is 3. The Morgan fingerprint density at radius 3 is 2.77 bits per heavy atom. The van der Waals surface area contributed by atoms with E-state index in [0.29, 0.717) is 18.3 Å². The molecule has 0 aliphatic carbocycles. The number of nitrogens with zero attached hydrogens (tertiary/aromatic N) is 3. The molecule has 3 aromatic rings. The number of rotatable bonds is 4. The number of para-hydroxylation sites is 1. The first kappa shape index (κ1) is 16.8. The fourth-order valence-electron chi connectivity index (χ4n) is 3.58. The molecule has 0 amide bonds. The number of benzene rings is 1. The standard InChI is InChI=1S/C20H25N5O/c1-13-4-3-5-17-19(13)24-20(23-15-8-10-21-11-9-15)25(17)12-16-18(26)7-6-14(2)22-16/h3-7,15,21,26H,8-12H2,1-2H3,(H,23,24). The molecule has 136 valence electrons. The number of nitrogens with one attached hydrogen (secondary N) is 2. The maximum absolute atomic E-state index is 10.2. The van der Waals surface area contributed by atoms with E-state index in [2.05, 4.69) is 39.2 Å². The largest absolute Gasteiger partial charge is 0.506 e. The van der Waals surface area contributed by atoms with Gasteiger partial charge in [-0.3, -0.25) is 4.98 Å². The molecular formula is C20H25N5O. The molecule has 0 unspecified atom stereocenters. The smallest absolute Gasteiger partial charge is 0.204 e. The summed E-state index contributed by atoms with van der Waals surface area (Å²) in [4.78, 5) is 9.40. The van der Waals surface area contributed by atoms with E-state index in [4.69, 9.17) is 4.98 Å². The van der Waals surface area contributed by atoms with E-state index in [1.165, 1.54) is 0 Å². The Kier molecular flexibility index (Phi) is 4.51. The molecule has 3 heterocycles. The number of pyridine rings is 1. The second-order valence-electron chi connectivity index (χ2n) is 7.05. The van der Waals surface area contributed by atoms with Gasteiger partial charge in [0.15, 0.2) is 0 Å². The molecule has 2 aromatic heterocycles. The Balaban J connectivity index is 1.76. The number of aryl methyl sites for hydroxylation is 2. The average molecular weight is 351 g/mol. The van der Waals surface area contributed by atoms with Gasteiger partial charge in [0.2, 0.25) is 5.95 Å². The van der Waals surface area contributed by atoms with Gasteiger partial charge < -0.3 is 20.3 Å². The van der Waals surface area contributed by atoms with Crippen molar-refractivity contribution in [1.82, 2.24) is 19.9 Å². The van der Waals surface area contributed by atoms with Crippen LogP contribution in [0.25, 0.3) is 11.0 Å². The summed E-state index contributed by atoms with van der Waals surface area (Å²) >= 11 is 0. The molecule has 1 aromatic carbocycles. The van der Waals surface area contributed by atoms with E-state index >= 15 is 0 Å². The molecule has 0 radical (unpaired) electrons. The van der Waals surface area contributed by atoms with Gasteiger partial charge in [0, 0.05) is 11.7 Å². The van der Waals surface area contributed by atoms with Crippen molar-refractivity contribution in [2.75, 3.05) is 18.4 Å². The molecule has 1 saturated heterocycles. The van der Waals surface area contributed by atoms with Crippen LogP contribution in [0.4, 0.5) is 5.95 Å². The molecule has 1 fully saturated rings. The molecule has 6 nitrogen and oxygen atoms in total. The van der Waals surface area contributed by atoms with Crippen LogP contribution in [0, 0.1) is 13.8 Å². The average Bonchev–Trinajstić information content (AvgIpc) is 2.98. The zero-order chi connectivity index (χ0) is 18.1. The highest BCUT2D eigenvalue weighted by Crippen LogP contribution is 2.27. The second kappa shape index (κ2) is 6.96. The van der Waals surface area contributed by atoms with E-state index in [1.807, 2.05) is 19.1 Å². The minimum atomic E-state index is 0.220. The van der Waals surface area contributed by atoms with Crippen LogP contribution in [-0.2, 0) is 6.54 Å². The Morgan fingerprint density at radius 2 is 1.96 bits per heavy atom. The number of imidazole rings is 1. The number of aromatic hydroxyl groups is 1. The van der Waals surface area contributed by atoms with Crippen LogP contribution in [0.3, 0.4) is 0 Å². The number of aromatic nitrogens is 3. The number of anilines is 1. The van der Waals surface area contributed by atoms with Crippen molar-refractivity contribution in [2.24, 2.45) is 0 Å². The van der Waals surface area contributed by atoms with Gasteiger partial charge in [-0.05, 0) is 63.5 Å². The molecular weight excluding hydrogens is 326 g/mol. The number of fused-ring (bicyclic) bond motifs is 1. The zero-order valence-corrected chi connectivity index (χ0v) is 15.3. The van der Waals surface area contributed by atoms with Crippen LogP contribution >= 0.6 is 0 Å². The molecule has 0 atom stereocenters. The first-order valence-electron chi connectivity index (χ1n) is 9.20. The SMILES string of the molecule is Cc1ccc(O)c(Cn2c(NC3CCNCC3)nc3c(C)cccc32)n1. The van der Waals surface area contributed by atoms with Gasteiger partial charge in [-0.25, -0.2) is 4.98 Å². The highest BCUT2D eigenvalue weighted by Gasteiger charge is 2.19. The van der Waals surface area contributed by atoms with Crippen LogP contribution < -0.4 is 10.6 Å². The lowest BCUT2D eigenvalue weighted by Gasteiger charge is -2.24. The number of piperidine rings is 1. The summed E-state index contributed by atoms with van der Waals surface area (Å²) in [5.41, 5.74) is 4.77. The van der Waals surface area contributed by atoms with Crippen molar-refractivity contribution in [3.8, 4) is 5.75 Å². The maximum atomic E-state index is 10.2. The minimum Gasteiger partial charge on any atom is -0.506 e. The molecule has 1 aliphatic rings. The summed E-state index contributed by atoms with van der Waals surface area (Å²) < 4.78 is 2.13. The van der Waals surface area contributed by atoms with Crippen molar-refractivity contribution < 1.29 is 5.11 Å². The lowest BCUT2D eigenvalue weighted by atomic mass is 10.1. The Morgan fingerprint density at radius 1 is 1.15 bits per heavy atom. The van der Waals surface area contributed by atoms with E-state index in [9.17, 15) is 5.11 Å². The van der Waals surface area contributed by atoms with Gasteiger partial charge in [-0.15, -0.1) is 0 Å². The van der Waals surface area contributed by atoms with Gasteiger partial charge in [-0.1, -0.05) is 12.1 Å². The van der Waals surface area contributed by atoms with E-state index in [1.54, 1.807) is 6.07 Å². The molecule has 26 heavy (non-hydrogen) atoms. The minimum absolute atomic E-state index is 0.220. The van der Waals surface area contributed by atoms with Gasteiger partial charge >= 0.3 is 0 Å². The monoisotopic (exact) mass is 351 g/mol. The third-order valence-electron chi connectivity index (χ3n) is 5.05. The summed E-state index contributed by atoms with van der Waals surface area (Å²) in [6, 6.07) is 10.1. The first-order valence-corrected chi connectivity index (χ1v) is 9.20. The Labute approximate surface area is 153 Å². The van der Waals surface area contributed by atoms with Crippen LogP contribution in [0.15, 0.2) is 30.3 Å². The van der Waals surface area contributed by atoms with E-state index in [0.717, 1.165) is 54.2 Å². The van der Waals surface area contributed by atoms with Crippen LogP contribution in [0.5, 0.6) is 5.75 Å². The second-order valence-corrected chi connectivity index (χ2v) is 7.05. The third-order valence-corrected chi connectivity index (χ3v) is 5.05. The predicted octanol–water partition coefficient (Wildman–Crippen LogP) is 2.97. The molecule has 4 rings (SSSR count). The van der Waals surface area contributed by atoms with Crippen molar-refractivity contribution in [2.45, 2.75) is 39.3 Å². The molecule has 0 bridgehead atoms. The van der Waals surface area contributed by atoms with Crippen LogP contribution in [0.2, 0.25) is 0 Å². The summed E-state index contributed by atoms with van der Waals surface area (Å²) in [7, 11) is 0. The number of hydrogen-bond acceptors (Lipinski definition) is 5. The highest BCUT2D eigenvalue weighted by atomic mass is 16.3. The van der Waals surface area contributed by atoms with Crippen LogP contribution in [-0.4, -0.2) is 38.8 Å². The van der Waals surface area contributed by atoms with Crippen LogP contribution in [0.1, 0.15) is 29.8 Å². The Bertz CT molecular complexity index is 927. The maximum Gasteiger partial charge on any atom is 0.204 e. The predicted molar refractivity (Wildman–Crippen MR) is 104 cm³/mol.